The third kappa shape index (κ3) is 3.08. The summed E-state index contributed by atoms with van der Waals surface area (Å²) >= 11 is 11.6. The summed E-state index contributed by atoms with van der Waals surface area (Å²) in [5, 5.41) is 9.75. The molecule has 1 aromatic carbocycles. The van der Waals surface area contributed by atoms with Gasteiger partial charge < -0.3 is 5.11 Å². The van der Waals surface area contributed by atoms with Crippen LogP contribution in [0.25, 0.3) is 17.0 Å². The minimum absolute atomic E-state index is 0. The first kappa shape index (κ1) is 17.5. The Morgan fingerprint density at radius 3 is 2.32 bits per heavy atom. The number of halogens is 4. The Morgan fingerprint density at radius 1 is 1.09 bits per heavy atom. The van der Waals surface area contributed by atoms with Crippen molar-refractivity contribution in [1.29, 1.82) is 0 Å². The number of alkyl halides is 2. The van der Waals surface area contributed by atoms with E-state index >= 15 is 0 Å². The van der Waals surface area contributed by atoms with Crippen LogP contribution >= 0.6 is 23.2 Å². The average Bonchev–Trinajstić information content (AvgIpc) is 2.78. The Labute approximate surface area is 158 Å². The van der Waals surface area contributed by atoms with Crippen molar-refractivity contribution in [2.75, 3.05) is 0 Å². The van der Waals surface area contributed by atoms with Crippen LogP contribution in [-0.4, -0.2) is 24.6 Å². The quantitative estimate of drug-likeness (QED) is 0.642. The van der Waals surface area contributed by atoms with Crippen LogP contribution < -0.4 is 0 Å². The van der Waals surface area contributed by atoms with Gasteiger partial charge in [-0.3, -0.25) is 4.57 Å². The first-order chi connectivity index (χ1) is 9.97. The number of fused-ring (bicyclic) bond motifs is 1. The second-order valence-corrected chi connectivity index (χ2v) is 4.84. The monoisotopic (exact) mass is 419 g/mol. The number of aromatic hydroxyl groups is 1. The zero-order valence-electron chi connectivity index (χ0n) is 10.7. The molecule has 0 saturated carbocycles. The fourth-order valence-electron chi connectivity index (χ4n) is 1.94. The van der Waals surface area contributed by atoms with Crippen LogP contribution in [0.5, 0.6) is 5.75 Å². The number of aromatic nitrogens is 4. The van der Waals surface area contributed by atoms with E-state index in [4.69, 9.17) is 23.2 Å². The molecule has 1 radical (unpaired) electrons. The fourth-order valence-corrected chi connectivity index (χ4v) is 2.35. The SMILES string of the molecule is Oc1cccc2c1nc(C(F)F)n2-c1nc(Cl)cc(Cl)n1.[Y]. The summed E-state index contributed by atoms with van der Waals surface area (Å²) in [5.41, 5.74) is 0.246. The maximum atomic E-state index is 13.2. The molecule has 0 fully saturated rings. The number of rotatable bonds is 2. The number of benzene rings is 1. The second kappa shape index (κ2) is 6.70. The van der Waals surface area contributed by atoms with Crippen LogP contribution in [0.4, 0.5) is 8.78 Å². The molecule has 3 rings (SSSR count). The molecule has 2 aromatic heterocycles. The summed E-state index contributed by atoms with van der Waals surface area (Å²) in [6.07, 6.45) is -2.89. The largest absolute Gasteiger partial charge is 0.506 e. The van der Waals surface area contributed by atoms with E-state index in [1.807, 2.05) is 0 Å². The van der Waals surface area contributed by atoms with Crippen molar-refractivity contribution in [3.63, 3.8) is 0 Å². The number of phenols is 1. The molecule has 0 saturated heterocycles. The summed E-state index contributed by atoms with van der Waals surface area (Å²) < 4.78 is 27.4. The van der Waals surface area contributed by atoms with Crippen molar-refractivity contribution in [3.8, 4) is 11.7 Å². The van der Waals surface area contributed by atoms with Gasteiger partial charge >= 0.3 is 0 Å². The predicted molar refractivity (Wildman–Crippen MR) is 73.3 cm³/mol. The molecule has 0 bridgehead atoms. The molecule has 0 amide bonds. The van der Waals surface area contributed by atoms with E-state index < -0.39 is 12.2 Å². The van der Waals surface area contributed by atoms with E-state index in [0.717, 1.165) is 4.57 Å². The zero-order valence-corrected chi connectivity index (χ0v) is 15.1. The number of phenolic OH excluding ortho intramolecular Hbond substituents is 1. The van der Waals surface area contributed by atoms with Gasteiger partial charge in [0, 0.05) is 38.8 Å². The zero-order chi connectivity index (χ0) is 15.1. The van der Waals surface area contributed by atoms with Gasteiger partial charge in [-0.2, -0.15) is 0 Å². The third-order valence-corrected chi connectivity index (χ3v) is 3.12. The Bertz CT molecular complexity index is 823. The molecule has 0 unspecified atom stereocenters. The van der Waals surface area contributed by atoms with Gasteiger partial charge in [0.1, 0.15) is 21.6 Å². The van der Waals surface area contributed by atoms with E-state index in [0.29, 0.717) is 0 Å². The molecule has 0 atom stereocenters. The first-order valence-corrected chi connectivity index (χ1v) is 6.42. The Morgan fingerprint density at radius 2 is 1.73 bits per heavy atom. The minimum Gasteiger partial charge on any atom is -0.506 e. The molecule has 111 valence electrons. The Hall–Kier alpha value is -0.886. The van der Waals surface area contributed by atoms with Crippen molar-refractivity contribution < 1.29 is 46.6 Å². The van der Waals surface area contributed by atoms with E-state index in [1.165, 1.54) is 24.3 Å². The van der Waals surface area contributed by atoms with E-state index in [2.05, 4.69) is 15.0 Å². The first-order valence-electron chi connectivity index (χ1n) is 5.66. The van der Waals surface area contributed by atoms with Crippen LogP contribution in [0.1, 0.15) is 12.2 Å². The summed E-state index contributed by atoms with van der Waals surface area (Å²) in [6.45, 7) is 0. The van der Waals surface area contributed by atoms with Crippen LogP contribution in [-0.2, 0) is 32.7 Å². The van der Waals surface area contributed by atoms with Gasteiger partial charge in [-0.05, 0) is 12.1 Å². The topological polar surface area (TPSA) is 63.8 Å². The summed E-state index contributed by atoms with van der Waals surface area (Å²) in [4.78, 5) is 11.5. The maximum absolute atomic E-state index is 13.2. The minimum atomic E-state index is -2.89. The molecule has 22 heavy (non-hydrogen) atoms. The van der Waals surface area contributed by atoms with Gasteiger partial charge in [-0.25, -0.2) is 23.7 Å². The standard InChI is InChI=1S/C12H6Cl2F2N4O.Y/c13-7-4-8(14)18-12(17-7)20-5-2-1-3-6(21)9(5)19-11(20)10(15)16;/h1-4,10,21H;. The van der Waals surface area contributed by atoms with Gasteiger partial charge in [-0.15, -0.1) is 0 Å². The summed E-state index contributed by atoms with van der Waals surface area (Å²) in [5.74, 6) is -0.970. The average molecular weight is 420 g/mol. The normalized spacial score (nSPS) is 11.0. The number of imidazole rings is 1. The Kier molecular flexibility index (Phi) is 5.32. The molecule has 1 N–H and O–H groups in total. The number of nitrogens with zero attached hydrogens (tertiary/aromatic N) is 4. The van der Waals surface area contributed by atoms with Crippen LogP contribution in [0.2, 0.25) is 10.3 Å². The van der Waals surface area contributed by atoms with E-state index in [-0.39, 0.29) is 65.7 Å². The molecule has 0 aliphatic heterocycles. The van der Waals surface area contributed by atoms with E-state index in [1.54, 1.807) is 0 Å². The van der Waals surface area contributed by atoms with Crippen LogP contribution in [0.3, 0.4) is 0 Å². The third-order valence-electron chi connectivity index (χ3n) is 2.74. The van der Waals surface area contributed by atoms with Crippen molar-refractivity contribution in [3.05, 3.63) is 40.4 Å². The van der Waals surface area contributed by atoms with Gasteiger partial charge in [0.05, 0.1) is 5.52 Å². The molecular weight excluding hydrogens is 414 g/mol. The molecule has 3 aromatic rings. The van der Waals surface area contributed by atoms with Crippen molar-refractivity contribution in [2.24, 2.45) is 0 Å². The second-order valence-electron chi connectivity index (χ2n) is 4.06. The molecule has 2 heterocycles. The van der Waals surface area contributed by atoms with Crippen molar-refractivity contribution in [1.82, 2.24) is 19.5 Å². The number of para-hydroxylation sites is 1. The van der Waals surface area contributed by atoms with Crippen LogP contribution in [0, 0.1) is 0 Å². The van der Waals surface area contributed by atoms with Gasteiger partial charge in [0.15, 0.2) is 5.82 Å². The summed E-state index contributed by atoms with van der Waals surface area (Å²) in [6, 6.07) is 5.63. The predicted octanol–water partition coefficient (Wildman–Crippen LogP) is 3.76. The van der Waals surface area contributed by atoms with Gasteiger partial charge in [0.2, 0.25) is 5.95 Å². The van der Waals surface area contributed by atoms with Crippen molar-refractivity contribution in [2.45, 2.75) is 6.43 Å². The van der Waals surface area contributed by atoms with Crippen molar-refractivity contribution >= 4 is 34.2 Å². The molecule has 0 spiro atoms. The van der Waals surface area contributed by atoms with E-state index in [9.17, 15) is 13.9 Å². The van der Waals surface area contributed by atoms with Gasteiger partial charge in [0.25, 0.3) is 6.43 Å². The summed E-state index contributed by atoms with van der Waals surface area (Å²) in [7, 11) is 0. The van der Waals surface area contributed by atoms with Crippen LogP contribution in [0.15, 0.2) is 24.3 Å². The molecule has 5 nitrogen and oxygen atoms in total. The molecule has 0 aliphatic rings. The smallest absolute Gasteiger partial charge is 0.296 e. The number of hydrogen-bond acceptors (Lipinski definition) is 4. The maximum Gasteiger partial charge on any atom is 0.296 e. The number of hydrogen-bond donors (Lipinski definition) is 1. The molecule has 0 aliphatic carbocycles. The molecular formula is C12H6Cl2F2N4OY. The molecule has 10 heteroatoms. The Balaban J connectivity index is 0.00000176. The van der Waals surface area contributed by atoms with Gasteiger partial charge in [-0.1, -0.05) is 29.3 Å². The fraction of sp³-hybridized carbons (Fsp3) is 0.0833.